The molecule has 2 unspecified atom stereocenters. The van der Waals surface area contributed by atoms with Crippen molar-refractivity contribution in [2.45, 2.75) is 405 Å². The van der Waals surface area contributed by atoms with Crippen molar-refractivity contribution in [1.82, 2.24) is 5.32 Å². The van der Waals surface area contributed by atoms with Gasteiger partial charge in [0.15, 0.2) is 0 Å². The van der Waals surface area contributed by atoms with Crippen molar-refractivity contribution in [3.63, 3.8) is 0 Å². The number of rotatable bonds is 66. The Hall–Kier alpha value is -1.66. The number of carbonyl (C=O) groups is 2. The van der Waals surface area contributed by atoms with Crippen LogP contribution in [0.1, 0.15) is 393 Å². The molecule has 77 heavy (non-hydrogen) atoms. The minimum atomic E-state index is -0.663. The molecule has 0 aromatic heterocycles. The average Bonchev–Trinajstić information content (AvgIpc) is 3.43. The van der Waals surface area contributed by atoms with Gasteiger partial charge in [-0.05, 0) is 77.0 Å². The number of allylic oxidation sites excluding steroid dienone is 4. The standard InChI is InChI=1S/C71H137NO5/c1-3-5-7-9-11-13-15-17-18-33-36-40-43-47-51-55-59-63-69(74)68(67-73)72-70(75)64-60-56-52-48-44-41-37-34-31-29-27-25-23-21-19-20-22-24-26-28-30-32-35-38-42-46-50-54-58-62-66-77-71(76)65-61-57-53-49-45-39-16-14-12-10-8-6-4-2/h14,16,20,22,68-69,73-74H,3-13,15,17-19,21,23-67H2,1-2H3,(H,72,75)/b16-14-,22-20-. The predicted octanol–water partition coefficient (Wildman–Crippen LogP) is 22.5. The number of esters is 1. The highest BCUT2D eigenvalue weighted by Crippen LogP contribution is 2.19. The van der Waals surface area contributed by atoms with Gasteiger partial charge in [0.1, 0.15) is 0 Å². The van der Waals surface area contributed by atoms with Crippen molar-refractivity contribution in [3.05, 3.63) is 24.3 Å². The molecule has 3 N–H and O–H groups in total. The van der Waals surface area contributed by atoms with Gasteiger partial charge in [0.2, 0.25) is 5.91 Å². The second-order valence-corrected chi connectivity index (χ2v) is 24.2. The monoisotopic (exact) mass is 1080 g/mol. The van der Waals surface area contributed by atoms with Crippen molar-refractivity contribution in [2.24, 2.45) is 0 Å². The van der Waals surface area contributed by atoms with Crippen LogP contribution < -0.4 is 5.32 Å². The first-order valence-corrected chi connectivity index (χ1v) is 35.1. The molecule has 0 aromatic rings. The minimum Gasteiger partial charge on any atom is -0.466 e. The molecule has 456 valence electrons. The van der Waals surface area contributed by atoms with Crippen molar-refractivity contribution >= 4 is 11.9 Å². The maximum absolute atomic E-state index is 12.5. The highest BCUT2D eigenvalue weighted by Gasteiger charge is 2.20. The number of amides is 1. The number of hydrogen-bond donors (Lipinski definition) is 3. The van der Waals surface area contributed by atoms with Crippen molar-refractivity contribution in [3.8, 4) is 0 Å². The van der Waals surface area contributed by atoms with Gasteiger partial charge in [-0.3, -0.25) is 9.59 Å². The van der Waals surface area contributed by atoms with E-state index in [4.69, 9.17) is 4.74 Å². The lowest BCUT2D eigenvalue weighted by molar-refractivity contribution is -0.143. The molecule has 6 nitrogen and oxygen atoms in total. The van der Waals surface area contributed by atoms with E-state index in [1.54, 1.807) is 0 Å². The first-order valence-electron chi connectivity index (χ1n) is 35.1. The van der Waals surface area contributed by atoms with Crippen LogP contribution in [0, 0.1) is 0 Å². The normalized spacial score (nSPS) is 12.6. The Morgan fingerprint density at radius 1 is 0.351 bits per heavy atom. The summed E-state index contributed by atoms with van der Waals surface area (Å²) in [7, 11) is 0. The van der Waals surface area contributed by atoms with Gasteiger partial charge < -0.3 is 20.3 Å². The summed E-state index contributed by atoms with van der Waals surface area (Å²) in [4.78, 5) is 24.6. The molecule has 0 aliphatic heterocycles. The summed E-state index contributed by atoms with van der Waals surface area (Å²) in [5.74, 6) is -0.0216. The summed E-state index contributed by atoms with van der Waals surface area (Å²) >= 11 is 0. The van der Waals surface area contributed by atoms with E-state index in [9.17, 15) is 19.8 Å². The summed E-state index contributed by atoms with van der Waals surface area (Å²) in [6, 6.07) is -0.540. The van der Waals surface area contributed by atoms with Crippen LogP contribution in [0.2, 0.25) is 0 Å². The Morgan fingerprint density at radius 3 is 0.935 bits per heavy atom. The Kier molecular flexibility index (Phi) is 65.4. The summed E-state index contributed by atoms with van der Waals surface area (Å²) in [5, 5.41) is 23.4. The van der Waals surface area contributed by atoms with Gasteiger partial charge in [-0.1, -0.05) is 327 Å². The number of aliphatic hydroxyl groups excluding tert-OH is 2. The summed E-state index contributed by atoms with van der Waals surface area (Å²) in [6.45, 7) is 4.97. The SMILES string of the molecule is CCCCCC/C=C\CCCCCCCC(=O)OCCCCCCCCCCCCCC/C=C\CCCCCCCCCCCCCCCCC(=O)NC(CO)C(O)CCCCCCCCCCCCCCCCCCC. The fraction of sp³-hybridized carbons (Fsp3) is 0.915. The van der Waals surface area contributed by atoms with Crippen LogP contribution in [-0.2, 0) is 14.3 Å². The van der Waals surface area contributed by atoms with E-state index >= 15 is 0 Å². The third-order valence-electron chi connectivity index (χ3n) is 16.5. The van der Waals surface area contributed by atoms with Gasteiger partial charge in [-0.2, -0.15) is 0 Å². The first-order chi connectivity index (χ1) is 38.0. The molecular weight excluding hydrogens is 947 g/mol. The lowest BCUT2D eigenvalue weighted by Crippen LogP contribution is -2.45. The van der Waals surface area contributed by atoms with Crippen LogP contribution in [0.15, 0.2) is 24.3 Å². The zero-order chi connectivity index (χ0) is 55.7. The van der Waals surface area contributed by atoms with Crippen LogP contribution in [0.25, 0.3) is 0 Å². The summed E-state index contributed by atoms with van der Waals surface area (Å²) in [6.07, 6.45) is 83.7. The minimum absolute atomic E-state index is 0.00839. The zero-order valence-electron chi connectivity index (χ0n) is 52.2. The van der Waals surface area contributed by atoms with Gasteiger partial charge >= 0.3 is 5.97 Å². The molecule has 2 atom stereocenters. The topological polar surface area (TPSA) is 95.9 Å². The second kappa shape index (κ2) is 66.8. The molecule has 0 aromatic carbocycles. The van der Waals surface area contributed by atoms with Crippen LogP contribution in [0.3, 0.4) is 0 Å². The Morgan fingerprint density at radius 2 is 0.610 bits per heavy atom. The van der Waals surface area contributed by atoms with Crippen LogP contribution in [0.5, 0.6) is 0 Å². The van der Waals surface area contributed by atoms with E-state index in [-0.39, 0.29) is 18.5 Å². The maximum atomic E-state index is 12.5. The van der Waals surface area contributed by atoms with Crippen molar-refractivity contribution in [2.75, 3.05) is 13.2 Å². The molecule has 0 fully saturated rings. The molecular formula is C71H137NO5. The molecule has 6 heteroatoms. The molecule has 0 aliphatic carbocycles. The number of ether oxygens (including phenoxy) is 1. The molecule has 1 amide bonds. The molecule has 0 radical (unpaired) electrons. The number of nitrogens with one attached hydrogen (secondary N) is 1. The highest BCUT2D eigenvalue weighted by molar-refractivity contribution is 5.76. The zero-order valence-corrected chi connectivity index (χ0v) is 52.2. The highest BCUT2D eigenvalue weighted by atomic mass is 16.5. The van der Waals surface area contributed by atoms with E-state index in [0.29, 0.717) is 25.9 Å². The Labute approximate surface area is 481 Å². The molecule has 0 heterocycles. The van der Waals surface area contributed by atoms with E-state index in [1.165, 1.54) is 315 Å². The third-order valence-corrected chi connectivity index (χ3v) is 16.5. The molecule has 0 rings (SSSR count). The van der Waals surface area contributed by atoms with Gasteiger partial charge in [0.05, 0.1) is 25.4 Å². The van der Waals surface area contributed by atoms with Gasteiger partial charge in [0, 0.05) is 12.8 Å². The van der Waals surface area contributed by atoms with E-state index in [2.05, 4.69) is 43.5 Å². The van der Waals surface area contributed by atoms with E-state index in [0.717, 1.165) is 44.9 Å². The quantitative estimate of drug-likeness (QED) is 0.0320. The van der Waals surface area contributed by atoms with E-state index < -0.39 is 12.1 Å². The predicted molar refractivity (Wildman–Crippen MR) is 338 cm³/mol. The Bertz CT molecular complexity index is 1200. The molecule has 0 bridgehead atoms. The maximum Gasteiger partial charge on any atom is 0.305 e. The fourth-order valence-corrected chi connectivity index (χ4v) is 11.1. The number of unbranched alkanes of at least 4 members (excludes halogenated alkanes) is 51. The molecule has 0 aliphatic rings. The lowest BCUT2D eigenvalue weighted by Gasteiger charge is -2.22. The second-order valence-electron chi connectivity index (χ2n) is 24.2. The lowest BCUT2D eigenvalue weighted by atomic mass is 10.0. The largest absolute Gasteiger partial charge is 0.466 e. The summed E-state index contributed by atoms with van der Waals surface area (Å²) < 4.78 is 5.48. The molecule has 0 spiro atoms. The first kappa shape index (κ1) is 75.3. The number of carbonyl (C=O) groups excluding carboxylic acids is 2. The van der Waals surface area contributed by atoms with Crippen LogP contribution in [0.4, 0.5) is 0 Å². The Balaban J connectivity index is 3.36. The third kappa shape index (κ3) is 63.4. The van der Waals surface area contributed by atoms with Gasteiger partial charge in [-0.25, -0.2) is 0 Å². The number of hydrogen-bond acceptors (Lipinski definition) is 5. The summed E-state index contributed by atoms with van der Waals surface area (Å²) in [5.41, 5.74) is 0. The van der Waals surface area contributed by atoms with Crippen molar-refractivity contribution < 1.29 is 24.5 Å². The van der Waals surface area contributed by atoms with Gasteiger partial charge in [-0.15, -0.1) is 0 Å². The molecule has 0 saturated heterocycles. The van der Waals surface area contributed by atoms with Crippen LogP contribution >= 0.6 is 0 Å². The fourth-order valence-electron chi connectivity index (χ4n) is 11.1. The van der Waals surface area contributed by atoms with Gasteiger partial charge in [0.25, 0.3) is 0 Å². The average molecular weight is 1080 g/mol. The van der Waals surface area contributed by atoms with E-state index in [1.807, 2.05) is 0 Å². The smallest absolute Gasteiger partial charge is 0.305 e. The number of aliphatic hydroxyl groups is 2. The van der Waals surface area contributed by atoms with Crippen molar-refractivity contribution in [1.29, 1.82) is 0 Å². The van der Waals surface area contributed by atoms with Crippen LogP contribution in [-0.4, -0.2) is 47.4 Å². The molecule has 0 saturated carbocycles.